The van der Waals surface area contributed by atoms with Gasteiger partial charge in [-0.2, -0.15) is 5.26 Å². The quantitative estimate of drug-likeness (QED) is 0.835. The predicted octanol–water partition coefficient (Wildman–Crippen LogP) is 2.91. The van der Waals surface area contributed by atoms with Gasteiger partial charge in [0.2, 0.25) is 0 Å². The normalized spacial score (nSPS) is 15.9. The zero-order valence-electron chi connectivity index (χ0n) is 15.6. The summed E-state index contributed by atoms with van der Waals surface area (Å²) in [5, 5.41) is 9.67. The Morgan fingerprint density at radius 3 is 2.33 bits per heavy atom. The van der Waals surface area contributed by atoms with Gasteiger partial charge < -0.3 is 9.80 Å². The Morgan fingerprint density at radius 2 is 1.78 bits per heavy atom. The number of rotatable bonds is 4. The van der Waals surface area contributed by atoms with Crippen molar-refractivity contribution in [1.82, 2.24) is 9.80 Å². The molecule has 140 valence electrons. The summed E-state index contributed by atoms with van der Waals surface area (Å²) in [6, 6.07) is 15.8. The molecular formula is C21H23FN4O. The number of hydrogen-bond acceptors (Lipinski definition) is 4. The number of anilines is 1. The van der Waals surface area contributed by atoms with E-state index in [1.807, 2.05) is 43.3 Å². The molecule has 0 saturated carbocycles. The summed E-state index contributed by atoms with van der Waals surface area (Å²) in [6.07, 6.45) is 0. The number of benzene rings is 2. The molecule has 0 aliphatic carbocycles. The summed E-state index contributed by atoms with van der Waals surface area (Å²) in [6.45, 7) is 2.25. The molecule has 1 atom stereocenters. The molecule has 0 radical (unpaired) electrons. The van der Waals surface area contributed by atoms with Gasteiger partial charge in [0.15, 0.2) is 0 Å². The molecule has 27 heavy (non-hydrogen) atoms. The van der Waals surface area contributed by atoms with Crippen LogP contribution in [0.4, 0.5) is 10.1 Å². The van der Waals surface area contributed by atoms with E-state index in [-0.39, 0.29) is 11.9 Å². The minimum atomic E-state index is -0.412. The molecule has 1 saturated heterocycles. The maximum Gasteiger partial charge on any atom is 0.254 e. The summed E-state index contributed by atoms with van der Waals surface area (Å²) >= 11 is 0. The van der Waals surface area contributed by atoms with Crippen LogP contribution in [0.5, 0.6) is 0 Å². The minimum Gasteiger partial charge on any atom is -0.378 e. The Morgan fingerprint density at radius 1 is 1.11 bits per heavy atom. The lowest BCUT2D eigenvalue weighted by Crippen LogP contribution is -2.49. The van der Waals surface area contributed by atoms with Gasteiger partial charge in [-0.15, -0.1) is 0 Å². The van der Waals surface area contributed by atoms with E-state index in [1.54, 1.807) is 17.0 Å². The average Bonchev–Trinajstić information content (AvgIpc) is 2.69. The fourth-order valence-corrected chi connectivity index (χ4v) is 3.31. The van der Waals surface area contributed by atoms with E-state index in [1.165, 1.54) is 12.1 Å². The first-order chi connectivity index (χ1) is 13.0. The van der Waals surface area contributed by atoms with Crippen molar-refractivity contribution < 1.29 is 9.18 Å². The molecule has 1 fully saturated rings. The van der Waals surface area contributed by atoms with Crippen LogP contribution in [-0.4, -0.2) is 56.0 Å². The van der Waals surface area contributed by atoms with Crippen LogP contribution in [-0.2, 0) is 0 Å². The van der Waals surface area contributed by atoms with Crippen molar-refractivity contribution in [2.24, 2.45) is 0 Å². The van der Waals surface area contributed by atoms with Gasteiger partial charge in [0.05, 0.1) is 6.07 Å². The summed E-state index contributed by atoms with van der Waals surface area (Å²) in [7, 11) is 3.96. The highest BCUT2D eigenvalue weighted by molar-refractivity contribution is 5.94. The van der Waals surface area contributed by atoms with E-state index in [4.69, 9.17) is 0 Å². The largest absolute Gasteiger partial charge is 0.378 e. The highest BCUT2D eigenvalue weighted by atomic mass is 19.1. The van der Waals surface area contributed by atoms with Gasteiger partial charge in [-0.1, -0.05) is 18.2 Å². The Bertz CT molecular complexity index is 836. The van der Waals surface area contributed by atoms with Gasteiger partial charge in [0.25, 0.3) is 5.91 Å². The van der Waals surface area contributed by atoms with Crippen LogP contribution in [0.1, 0.15) is 22.0 Å². The lowest BCUT2D eigenvalue weighted by atomic mass is 10.0. The third-order valence-electron chi connectivity index (χ3n) is 4.89. The summed E-state index contributed by atoms with van der Waals surface area (Å²) < 4.78 is 13.4. The number of piperazine rings is 1. The number of amides is 1. The zero-order valence-corrected chi connectivity index (χ0v) is 15.6. The Balaban J connectivity index is 1.65. The van der Waals surface area contributed by atoms with Gasteiger partial charge in [-0.05, 0) is 35.9 Å². The molecule has 6 heteroatoms. The smallest absolute Gasteiger partial charge is 0.254 e. The SMILES string of the molecule is CN(C)c1ccc(C(C#N)N2CCN(C(=O)c3cccc(F)c3)CC2)cc1. The maximum atomic E-state index is 13.4. The third kappa shape index (κ3) is 4.26. The van der Waals surface area contributed by atoms with Crippen molar-refractivity contribution >= 4 is 11.6 Å². The summed E-state index contributed by atoms with van der Waals surface area (Å²) in [4.78, 5) is 18.4. The molecule has 2 aromatic rings. The van der Waals surface area contributed by atoms with Crippen LogP contribution in [0.25, 0.3) is 0 Å². The number of nitrogens with zero attached hydrogens (tertiary/aromatic N) is 4. The van der Waals surface area contributed by atoms with Gasteiger partial charge in [-0.3, -0.25) is 9.69 Å². The van der Waals surface area contributed by atoms with Gasteiger partial charge in [0, 0.05) is 51.5 Å². The second-order valence-electron chi connectivity index (χ2n) is 6.86. The van der Waals surface area contributed by atoms with E-state index >= 15 is 0 Å². The van der Waals surface area contributed by atoms with Crippen molar-refractivity contribution in [3.8, 4) is 6.07 Å². The Hall–Kier alpha value is -2.91. The lowest BCUT2D eigenvalue weighted by molar-refractivity contribution is 0.0606. The van der Waals surface area contributed by atoms with E-state index < -0.39 is 5.82 Å². The number of carbonyl (C=O) groups excluding carboxylic acids is 1. The van der Waals surface area contributed by atoms with Crippen molar-refractivity contribution in [2.75, 3.05) is 45.2 Å². The van der Waals surface area contributed by atoms with Gasteiger partial charge in [0.1, 0.15) is 11.9 Å². The summed E-state index contributed by atoms with van der Waals surface area (Å²) in [5.41, 5.74) is 2.40. The molecule has 1 amide bonds. The van der Waals surface area contributed by atoms with Crippen molar-refractivity contribution in [3.05, 3.63) is 65.5 Å². The monoisotopic (exact) mass is 366 g/mol. The third-order valence-corrected chi connectivity index (χ3v) is 4.89. The summed E-state index contributed by atoms with van der Waals surface area (Å²) in [5.74, 6) is -0.580. The van der Waals surface area contributed by atoms with Crippen LogP contribution in [0.15, 0.2) is 48.5 Å². The highest BCUT2D eigenvalue weighted by Crippen LogP contribution is 2.24. The molecule has 5 nitrogen and oxygen atoms in total. The topological polar surface area (TPSA) is 50.6 Å². The predicted molar refractivity (Wildman–Crippen MR) is 103 cm³/mol. The zero-order chi connectivity index (χ0) is 19.4. The van der Waals surface area contributed by atoms with Crippen molar-refractivity contribution in [1.29, 1.82) is 5.26 Å². The Labute approximate surface area is 159 Å². The average molecular weight is 366 g/mol. The van der Waals surface area contributed by atoms with Gasteiger partial charge in [-0.25, -0.2) is 4.39 Å². The first-order valence-corrected chi connectivity index (χ1v) is 8.95. The molecule has 1 aliphatic rings. The minimum absolute atomic E-state index is 0.169. The molecule has 3 rings (SSSR count). The van der Waals surface area contributed by atoms with Crippen LogP contribution < -0.4 is 4.90 Å². The van der Waals surface area contributed by atoms with Gasteiger partial charge >= 0.3 is 0 Å². The molecule has 0 aromatic heterocycles. The highest BCUT2D eigenvalue weighted by Gasteiger charge is 2.27. The molecule has 0 N–H and O–H groups in total. The van der Waals surface area contributed by atoms with E-state index in [0.717, 1.165) is 11.3 Å². The molecule has 2 aromatic carbocycles. The molecular weight excluding hydrogens is 343 g/mol. The number of nitriles is 1. The standard InChI is InChI=1S/C21H23FN4O/c1-24(2)19-8-6-16(7-9-19)20(15-23)25-10-12-26(13-11-25)21(27)17-4-3-5-18(22)14-17/h3-9,14,20H,10-13H2,1-2H3. The number of halogens is 1. The van der Waals surface area contributed by atoms with Crippen LogP contribution in [0, 0.1) is 17.1 Å². The number of carbonyl (C=O) groups is 1. The van der Waals surface area contributed by atoms with Crippen LogP contribution in [0.3, 0.4) is 0 Å². The second kappa shape index (κ2) is 8.19. The van der Waals surface area contributed by atoms with Crippen LogP contribution >= 0.6 is 0 Å². The molecule has 1 aliphatic heterocycles. The molecule has 0 bridgehead atoms. The molecule has 1 unspecified atom stereocenters. The maximum absolute atomic E-state index is 13.4. The van der Waals surface area contributed by atoms with Crippen molar-refractivity contribution in [2.45, 2.75) is 6.04 Å². The molecule has 1 heterocycles. The fraction of sp³-hybridized carbons (Fsp3) is 0.333. The van der Waals surface area contributed by atoms with E-state index in [9.17, 15) is 14.4 Å². The fourth-order valence-electron chi connectivity index (χ4n) is 3.31. The lowest BCUT2D eigenvalue weighted by Gasteiger charge is -2.37. The number of hydrogen-bond donors (Lipinski definition) is 0. The van der Waals surface area contributed by atoms with Crippen LogP contribution in [0.2, 0.25) is 0 Å². The molecule has 0 spiro atoms. The van der Waals surface area contributed by atoms with E-state index in [2.05, 4.69) is 11.0 Å². The van der Waals surface area contributed by atoms with Crippen molar-refractivity contribution in [3.63, 3.8) is 0 Å². The first-order valence-electron chi connectivity index (χ1n) is 8.95. The second-order valence-corrected chi connectivity index (χ2v) is 6.86. The Kier molecular flexibility index (Phi) is 5.72. The first kappa shape index (κ1) is 18.9. The van der Waals surface area contributed by atoms with E-state index in [0.29, 0.717) is 31.7 Å².